The van der Waals surface area contributed by atoms with Crippen molar-refractivity contribution in [2.75, 3.05) is 18.5 Å². The Morgan fingerprint density at radius 3 is 2.55 bits per heavy atom. The molecule has 2 aromatic carbocycles. The molecule has 1 fully saturated rings. The Morgan fingerprint density at radius 1 is 1.18 bits per heavy atom. The summed E-state index contributed by atoms with van der Waals surface area (Å²) in [5.74, 6) is -3.82. The number of hydrogen-bond acceptors (Lipinski definition) is 7. The molecule has 0 radical (unpaired) electrons. The Morgan fingerprint density at radius 2 is 1.90 bits per heavy atom. The highest BCUT2D eigenvalue weighted by atomic mass is 127. The number of hydroxylamine groups is 1. The van der Waals surface area contributed by atoms with Crippen molar-refractivity contribution in [2.45, 2.75) is 43.5 Å². The molecular weight excluding hydrogens is 657 g/mol. The highest BCUT2D eigenvalue weighted by Gasteiger charge is 2.31. The molecule has 1 unspecified atom stereocenters. The number of nitrogens with one attached hydrogen (secondary N) is 3. The van der Waals surface area contributed by atoms with Crippen molar-refractivity contribution in [3.05, 3.63) is 80.7 Å². The van der Waals surface area contributed by atoms with E-state index in [1.54, 1.807) is 31.2 Å². The molecule has 4 rings (SSSR count). The SMILES string of the molecule is Cc1cc(I)ccc1Nc1c(C(=O)NOCC2CC2)cc(S(=O)(=O)NC(CCCO)c2ccncc2)c(F)c1F. The Kier molecular flexibility index (Phi) is 10.1. The van der Waals surface area contributed by atoms with E-state index in [0.717, 1.165) is 22.5 Å². The van der Waals surface area contributed by atoms with E-state index in [0.29, 0.717) is 22.7 Å². The molecule has 214 valence electrons. The number of aliphatic hydroxyl groups is 1. The van der Waals surface area contributed by atoms with Gasteiger partial charge in [0.15, 0.2) is 11.6 Å². The Hall–Kier alpha value is -2.72. The Labute approximate surface area is 244 Å². The molecule has 3 aromatic rings. The molecule has 0 saturated heterocycles. The van der Waals surface area contributed by atoms with Gasteiger partial charge >= 0.3 is 0 Å². The van der Waals surface area contributed by atoms with Gasteiger partial charge in [0.05, 0.1) is 17.9 Å². The Bertz CT molecular complexity index is 1470. The average Bonchev–Trinajstić information content (AvgIpc) is 3.75. The van der Waals surface area contributed by atoms with Crippen molar-refractivity contribution in [3.8, 4) is 0 Å². The largest absolute Gasteiger partial charge is 0.396 e. The summed E-state index contributed by atoms with van der Waals surface area (Å²) < 4.78 is 61.3. The van der Waals surface area contributed by atoms with Crippen LogP contribution in [0.25, 0.3) is 0 Å². The second kappa shape index (κ2) is 13.3. The number of benzene rings is 2. The van der Waals surface area contributed by atoms with Crippen LogP contribution in [0.15, 0.2) is 53.7 Å². The first kappa shape index (κ1) is 30.2. The zero-order chi connectivity index (χ0) is 28.9. The maximum Gasteiger partial charge on any atom is 0.277 e. The number of rotatable bonds is 13. The zero-order valence-electron chi connectivity index (χ0n) is 21.6. The number of halogens is 3. The molecule has 1 amide bonds. The monoisotopic (exact) mass is 686 g/mol. The van der Waals surface area contributed by atoms with Gasteiger partial charge in [-0.1, -0.05) is 0 Å². The summed E-state index contributed by atoms with van der Waals surface area (Å²) in [5.41, 5.74) is 2.86. The molecule has 0 spiro atoms. The van der Waals surface area contributed by atoms with E-state index in [4.69, 9.17) is 4.84 Å². The number of aliphatic hydroxyl groups excluding tert-OH is 1. The minimum atomic E-state index is -4.69. The van der Waals surface area contributed by atoms with Crippen molar-refractivity contribution >= 4 is 49.9 Å². The lowest BCUT2D eigenvalue weighted by Gasteiger charge is -2.21. The van der Waals surface area contributed by atoms with Crippen LogP contribution in [0.5, 0.6) is 0 Å². The summed E-state index contributed by atoms with van der Waals surface area (Å²) in [4.78, 5) is 21.2. The van der Waals surface area contributed by atoms with Crippen LogP contribution in [0.3, 0.4) is 0 Å². The number of sulfonamides is 1. The van der Waals surface area contributed by atoms with E-state index in [2.05, 4.69) is 43.1 Å². The fourth-order valence-corrected chi connectivity index (χ4v) is 6.00. The minimum Gasteiger partial charge on any atom is -0.396 e. The molecule has 40 heavy (non-hydrogen) atoms. The molecule has 0 bridgehead atoms. The maximum atomic E-state index is 15.6. The van der Waals surface area contributed by atoms with Crippen LogP contribution in [0.4, 0.5) is 20.2 Å². The smallest absolute Gasteiger partial charge is 0.277 e. The predicted octanol–water partition coefficient (Wildman–Crippen LogP) is 4.88. The molecular formula is C27H29F2IN4O5S. The lowest BCUT2D eigenvalue weighted by atomic mass is 10.0. The first-order valence-electron chi connectivity index (χ1n) is 12.6. The van der Waals surface area contributed by atoms with Crippen molar-refractivity contribution in [3.63, 3.8) is 0 Å². The summed E-state index contributed by atoms with van der Waals surface area (Å²) in [6.07, 6.45) is 5.28. The van der Waals surface area contributed by atoms with Gasteiger partial charge in [-0.25, -0.2) is 27.4 Å². The number of nitrogens with zero attached hydrogens (tertiary/aromatic N) is 1. The van der Waals surface area contributed by atoms with Crippen LogP contribution < -0.4 is 15.5 Å². The van der Waals surface area contributed by atoms with E-state index in [9.17, 15) is 18.3 Å². The van der Waals surface area contributed by atoms with Crippen LogP contribution >= 0.6 is 22.6 Å². The third kappa shape index (κ3) is 7.51. The van der Waals surface area contributed by atoms with Crippen molar-refractivity contribution in [1.82, 2.24) is 15.2 Å². The second-order valence-corrected chi connectivity index (χ2v) is 12.4. The van der Waals surface area contributed by atoms with Crippen LogP contribution in [-0.4, -0.2) is 37.6 Å². The summed E-state index contributed by atoms with van der Waals surface area (Å²) in [6, 6.07) is 8.28. The van der Waals surface area contributed by atoms with E-state index >= 15 is 8.78 Å². The quantitative estimate of drug-likeness (QED) is 0.149. The van der Waals surface area contributed by atoms with Gasteiger partial charge in [0, 0.05) is 34.3 Å². The van der Waals surface area contributed by atoms with Gasteiger partial charge in [-0.3, -0.25) is 14.6 Å². The number of anilines is 2. The third-order valence-corrected chi connectivity index (χ3v) is 8.54. The number of pyridine rings is 1. The molecule has 9 nitrogen and oxygen atoms in total. The maximum absolute atomic E-state index is 15.6. The van der Waals surface area contributed by atoms with E-state index in [-0.39, 0.29) is 26.1 Å². The van der Waals surface area contributed by atoms with Crippen LogP contribution in [0.2, 0.25) is 0 Å². The summed E-state index contributed by atoms with van der Waals surface area (Å²) in [5, 5.41) is 12.0. The predicted molar refractivity (Wildman–Crippen MR) is 153 cm³/mol. The summed E-state index contributed by atoms with van der Waals surface area (Å²) >= 11 is 2.11. The number of aromatic nitrogens is 1. The van der Waals surface area contributed by atoms with Gasteiger partial charge in [0.1, 0.15) is 4.90 Å². The lowest BCUT2D eigenvalue weighted by molar-refractivity contribution is 0.0270. The molecule has 1 aliphatic rings. The molecule has 1 heterocycles. The van der Waals surface area contributed by atoms with Crippen molar-refractivity contribution in [2.24, 2.45) is 5.92 Å². The molecule has 13 heteroatoms. The fraction of sp³-hybridized carbons (Fsp3) is 0.333. The third-order valence-electron chi connectivity index (χ3n) is 6.39. The fourth-order valence-electron chi connectivity index (χ4n) is 4.00. The van der Waals surface area contributed by atoms with Crippen LogP contribution in [-0.2, 0) is 14.9 Å². The molecule has 1 atom stereocenters. The number of hydrogen-bond donors (Lipinski definition) is 4. The molecule has 4 N–H and O–H groups in total. The molecule has 0 aliphatic heterocycles. The number of carbonyl (C=O) groups excluding carboxylic acids is 1. The van der Waals surface area contributed by atoms with Crippen LogP contribution in [0.1, 0.15) is 53.2 Å². The average molecular weight is 687 g/mol. The van der Waals surface area contributed by atoms with Gasteiger partial charge in [-0.15, -0.1) is 0 Å². The second-order valence-electron chi connectivity index (χ2n) is 9.52. The van der Waals surface area contributed by atoms with Gasteiger partial charge in [-0.2, -0.15) is 0 Å². The van der Waals surface area contributed by atoms with Crippen molar-refractivity contribution < 1.29 is 31.9 Å². The number of aryl methyl sites for hydroxylation is 1. The minimum absolute atomic E-state index is 0.178. The van der Waals surface area contributed by atoms with Gasteiger partial charge < -0.3 is 10.4 Å². The zero-order valence-corrected chi connectivity index (χ0v) is 24.6. The highest BCUT2D eigenvalue weighted by molar-refractivity contribution is 14.1. The van der Waals surface area contributed by atoms with Crippen molar-refractivity contribution in [1.29, 1.82) is 0 Å². The lowest BCUT2D eigenvalue weighted by Crippen LogP contribution is -2.31. The van der Waals surface area contributed by atoms with Crippen LogP contribution in [0, 0.1) is 28.0 Å². The first-order valence-corrected chi connectivity index (χ1v) is 15.2. The Balaban J connectivity index is 1.74. The van der Waals surface area contributed by atoms with E-state index < -0.39 is 49.8 Å². The molecule has 1 saturated carbocycles. The number of amides is 1. The van der Waals surface area contributed by atoms with Gasteiger partial charge in [-0.05, 0) is 109 Å². The van der Waals surface area contributed by atoms with Gasteiger partial charge in [0.2, 0.25) is 10.0 Å². The van der Waals surface area contributed by atoms with E-state index in [1.165, 1.54) is 12.4 Å². The standard InChI is InChI=1S/C27H29F2IN4O5S/c1-16-13-19(30)6-7-21(16)32-26-20(27(36)33-39-15-17-4-5-17)14-23(24(28)25(26)29)40(37,38)34-22(3-2-12-35)18-8-10-31-11-9-18/h6-11,13-14,17,22,32,34-35H,2-5,12,15H2,1H3,(H,33,36). The molecule has 1 aliphatic carbocycles. The number of carbonyl (C=O) groups is 1. The normalized spacial score (nSPS) is 14.1. The topological polar surface area (TPSA) is 130 Å². The first-order chi connectivity index (χ1) is 19.1. The summed E-state index contributed by atoms with van der Waals surface area (Å²) in [7, 11) is -4.69. The highest BCUT2D eigenvalue weighted by Crippen LogP contribution is 2.33. The summed E-state index contributed by atoms with van der Waals surface area (Å²) in [6.45, 7) is 1.81. The van der Waals surface area contributed by atoms with Gasteiger partial charge in [0.25, 0.3) is 5.91 Å². The molecule has 1 aromatic heterocycles. The van der Waals surface area contributed by atoms with E-state index in [1.807, 2.05) is 6.07 Å².